The zero-order valence-electron chi connectivity index (χ0n) is 12.9. The minimum Gasteiger partial charge on any atom is -0.493 e. The lowest BCUT2D eigenvalue weighted by molar-refractivity contribution is 0.354. The molecule has 1 unspecified atom stereocenters. The summed E-state index contributed by atoms with van der Waals surface area (Å²) in [5.41, 5.74) is 5.12. The fourth-order valence-electron chi connectivity index (χ4n) is 3.14. The smallest absolute Gasteiger partial charge is 0.161 e. The van der Waals surface area contributed by atoms with Gasteiger partial charge in [-0.25, -0.2) is 0 Å². The lowest BCUT2D eigenvalue weighted by Gasteiger charge is -2.17. The summed E-state index contributed by atoms with van der Waals surface area (Å²) in [5, 5.41) is 7.80. The van der Waals surface area contributed by atoms with Gasteiger partial charge in [-0.15, -0.1) is 0 Å². The fraction of sp³-hybridized carbons (Fsp3) is 0.471. The van der Waals surface area contributed by atoms with Crippen LogP contribution in [0, 0.1) is 0 Å². The molecular formula is C17H22N2O2. The number of benzene rings is 1. The minimum atomic E-state index is 0.253. The van der Waals surface area contributed by atoms with Crippen LogP contribution < -0.4 is 9.47 Å². The van der Waals surface area contributed by atoms with Gasteiger partial charge < -0.3 is 9.47 Å². The molecule has 4 nitrogen and oxygen atoms in total. The Hall–Kier alpha value is -1.97. The van der Waals surface area contributed by atoms with Gasteiger partial charge in [0.25, 0.3) is 0 Å². The molecule has 0 aliphatic heterocycles. The van der Waals surface area contributed by atoms with Crippen molar-refractivity contribution in [1.82, 2.24) is 10.2 Å². The van der Waals surface area contributed by atoms with E-state index < -0.39 is 0 Å². The van der Waals surface area contributed by atoms with E-state index in [0.717, 1.165) is 24.3 Å². The number of ether oxygens (including phenoxy) is 2. The SMILES string of the molecule is COc1ccc(C(C)c2n[nH]c3c2CCCC3)cc1OC. The number of aryl methyl sites for hydroxylation is 1. The molecule has 4 heteroatoms. The Balaban J connectivity index is 1.95. The van der Waals surface area contributed by atoms with E-state index >= 15 is 0 Å². The van der Waals surface area contributed by atoms with E-state index in [0.29, 0.717) is 0 Å². The number of aromatic nitrogens is 2. The van der Waals surface area contributed by atoms with Crippen LogP contribution in [0.1, 0.15) is 48.2 Å². The fourth-order valence-corrected chi connectivity index (χ4v) is 3.14. The summed E-state index contributed by atoms with van der Waals surface area (Å²) >= 11 is 0. The molecule has 1 N–H and O–H groups in total. The van der Waals surface area contributed by atoms with Crippen molar-refractivity contribution in [2.75, 3.05) is 14.2 Å². The normalized spacial score (nSPS) is 15.4. The second-order valence-corrected chi connectivity index (χ2v) is 5.61. The largest absolute Gasteiger partial charge is 0.493 e. The molecule has 1 aromatic carbocycles. The highest BCUT2D eigenvalue weighted by Crippen LogP contribution is 2.35. The Bertz CT molecular complexity index is 634. The van der Waals surface area contributed by atoms with E-state index in [1.165, 1.54) is 35.4 Å². The van der Waals surface area contributed by atoms with Gasteiger partial charge in [0, 0.05) is 11.6 Å². The van der Waals surface area contributed by atoms with Crippen LogP contribution >= 0.6 is 0 Å². The number of hydrogen-bond acceptors (Lipinski definition) is 3. The monoisotopic (exact) mass is 286 g/mol. The van der Waals surface area contributed by atoms with Crippen molar-refractivity contribution in [3.05, 3.63) is 40.7 Å². The average Bonchev–Trinajstić information content (AvgIpc) is 2.97. The second kappa shape index (κ2) is 5.80. The lowest BCUT2D eigenvalue weighted by Crippen LogP contribution is -2.06. The van der Waals surface area contributed by atoms with Crippen molar-refractivity contribution in [2.45, 2.75) is 38.5 Å². The number of aromatic amines is 1. The van der Waals surface area contributed by atoms with Crippen molar-refractivity contribution < 1.29 is 9.47 Å². The Morgan fingerprint density at radius 2 is 1.86 bits per heavy atom. The molecule has 1 atom stereocenters. The van der Waals surface area contributed by atoms with Gasteiger partial charge >= 0.3 is 0 Å². The standard InChI is InChI=1S/C17H22N2O2/c1-11(12-8-9-15(20-2)16(10-12)21-3)17-13-6-4-5-7-14(13)18-19-17/h8-11H,4-7H2,1-3H3,(H,18,19). The number of methoxy groups -OCH3 is 2. The Labute approximate surface area is 125 Å². The summed E-state index contributed by atoms with van der Waals surface area (Å²) < 4.78 is 10.7. The van der Waals surface area contributed by atoms with E-state index in [-0.39, 0.29) is 5.92 Å². The number of hydrogen-bond donors (Lipinski definition) is 1. The van der Waals surface area contributed by atoms with Crippen molar-refractivity contribution in [3.63, 3.8) is 0 Å². The first-order valence-corrected chi connectivity index (χ1v) is 7.52. The molecule has 2 aromatic rings. The van der Waals surface area contributed by atoms with Crippen LogP contribution in [-0.2, 0) is 12.8 Å². The molecule has 0 saturated carbocycles. The molecule has 0 radical (unpaired) electrons. The molecule has 1 aliphatic rings. The zero-order valence-corrected chi connectivity index (χ0v) is 12.9. The third-order valence-corrected chi connectivity index (χ3v) is 4.41. The predicted octanol–water partition coefficient (Wildman–Crippen LogP) is 3.46. The molecule has 0 fully saturated rings. The number of nitrogens with one attached hydrogen (secondary N) is 1. The number of fused-ring (bicyclic) bond motifs is 1. The molecule has 112 valence electrons. The summed E-state index contributed by atoms with van der Waals surface area (Å²) in [6, 6.07) is 6.10. The second-order valence-electron chi connectivity index (χ2n) is 5.61. The molecule has 3 rings (SSSR count). The zero-order chi connectivity index (χ0) is 14.8. The molecule has 0 spiro atoms. The van der Waals surface area contributed by atoms with Gasteiger partial charge in [-0.2, -0.15) is 5.10 Å². The quantitative estimate of drug-likeness (QED) is 0.936. The van der Waals surface area contributed by atoms with E-state index in [4.69, 9.17) is 9.47 Å². The van der Waals surface area contributed by atoms with Crippen LogP contribution in [0.15, 0.2) is 18.2 Å². The maximum absolute atomic E-state index is 5.40. The summed E-state index contributed by atoms with van der Waals surface area (Å²) in [4.78, 5) is 0. The van der Waals surface area contributed by atoms with Gasteiger partial charge in [0.1, 0.15) is 0 Å². The van der Waals surface area contributed by atoms with Gasteiger partial charge in [0.2, 0.25) is 0 Å². The number of H-pyrrole nitrogens is 1. The Morgan fingerprint density at radius 3 is 2.62 bits per heavy atom. The average molecular weight is 286 g/mol. The van der Waals surface area contributed by atoms with E-state index in [9.17, 15) is 0 Å². The van der Waals surface area contributed by atoms with Crippen LogP contribution in [0.25, 0.3) is 0 Å². The van der Waals surface area contributed by atoms with Crippen LogP contribution in [0.2, 0.25) is 0 Å². The summed E-state index contributed by atoms with van der Waals surface area (Å²) in [6.45, 7) is 2.20. The van der Waals surface area contributed by atoms with Gasteiger partial charge in [0.05, 0.1) is 19.9 Å². The van der Waals surface area contributed by atoms with Crippen LogP contribution in [0.5, 0.6) is 11.5 Å². The van der Waals surface area contributed by atoms with Crippen molar-refractivity contribution in [1.29, 1.82) is 0 Å². The first-order chi connectivity index (χ1) is 10.2. The van der Waals surface area contributed by atoms with E-state index in [1.54, 1.807) is 14.2 Å². The van der Waals surface area contributed by atoms with Crippen molar-refractivity contribution in [2.24, 2.45) is 0 Å². The van der Waals surface area contributed by atoms with E-state index in [1.807, 2.05) is 12.1 Å². The van der Waals surface area contributed by atoms with Gasteiger partial charge in [-0.05, 0) is 48.9 Å². The number of nitrogens with zero attached hydrogens (tertiary/aromatic N) is 1. The topological polar surface area (TPSA) is 47.1 Å². The summed E-state index contributed by atoms with van der Waals surface area (Å²) in [6.07, 6.45) is 4.79. The molecule has 21 heavy (non-hydrogen) atoms. The molecule has 1 heterocycles. The maximum Gasteiger partial charge on any atom is 0.161 e. The van der Waals surface area contributed by atoms with Crippen molar-refractivity contribution >= 4 is 0 Å². The van der Waals surface area contributed by atoms with Gasteiger partial charge in [-0.1, -0.05) is 13.0 Å². The highest BCUT2D eigenvalue weighted by molar-refractivity contribution is 5.46. The van der Waals surface area contributed by atoms with Crippen molar-refractivity contribution in [3.8, 4) is 11.5 Å². The third kappa shape index (κ3) is 2.50. The third-order valence-electron chi connectivity index (χ3n) is 4.41. The Morgan fingerprint density at radius 1 is 1.10 bits per heavy atom. The highest BCUT2D eigenvalue weighted by Gasteiger charge is 2.22. The highest BCUT2D eigenvalue weighted by atomic mass is 16.5. The predicted molar refractivity (Wildman–Crippen MR) is 82.3 cm³/mol. The van der Waals surface area contributed by atoms with Gasteiger partial charge in [0.15, 0.2) is 11.5 Å². The molecular weight excluding hydrogens is 264 g/mol. The first kappa shape index (κ1) is 14.0. The van der Waals surface area contributed by atoms with Crippen LogP contribution in [-0.4, -0.2) is 24.4 Å². The number of rotatable bonds is 4. The summed E-state index contributed by atoms with van der Waals surface area (Å²) in [7, 11) is 3.33. The van der Waals surface area contributed by atoms with E-state index in [2.05, 4.69) is 23.2 Å². The van der Waals surface area contributed by atoms with Crippen LogP contribution in [0.3, 0.4) is 0 Å². The molecule has 0 saturated heterocycles. The maximum atomic E-state index is 5.40. The van der Waals surface area contributed by atoms with Crippen LogP contribution in [0.4, 0.5) is 0 Å². The molecule has 1 aliphatic carbocycles. The van der Waals surface area contributed by atoms with Gasteiger partial charge in [-0.3, -0.25) is 5.10 Å². The molecule has 0 amide bonds. The molecule has 0 bridgehead atoms. The summed E-state index contributed by atoms with van der Waals surface area (Å²) in [5.74, 6) is 1.78. The minimum absolute atomic E-state index is 0.253. The first-order valence-electron chi connectivity index (χ1n) is 7.52. The molecule has 1 aromatic heterocycles. The lowest BCUT2D eigenvalue weighted by atomic mass is 9.89. The Kier molecular flexibility index (Phi) is 3.86.